The lowest BCUT2D eigenvalue weighted by Gasteiger charge is -2.28. The van der Waals surface area contributed by atoms with Gasteiger partial charge in [0.25, 0.3) is 0 Å². The quantitative estimate of drug-likeness (QED) is 0.581. The molecule has 0 fully saturated rings. The smallest absolute Gasteiger partial charge is 0.243 e. The second-order valence-corrected chi connectivity index (χ2v) is 9.12. The third kappa shape index (κ3) is 6.13. The van der Waals surface area contributed by atoms with Crippen LogP contribution in [0, 0.1) is 0 Å². The number of hydrogen-bond donors (Lipinski definition) is 1. The monoisotopic (exact) mass is 434 g/mol. The summed E-state index contributed by atoms with van der Waals surface area (Å²) in [6, 6.07) is 13.4. The maximum atomic E-state index is 12.6. The molecule has 0 aliphatic carbocycles. The molecule has 0 spiro atoms. The average molecular weight is 435 g/mol. The van der Waals surface area contributed by atoms with Crippen molar-refractivity contribution in [3.05, 3.63) is 54.1 Å². The number of sulfonamides is 1. The van der Waals surface area contributed by atoms with Gasteiger partial charge in [-0.25, -0.2) is 8.42 Å². The molecule has 1 amide bonds. The van der Waals surface area contributed by atoms with Crippen molar-refractivity contribution in [2.24, 2.45) is 0 Å². The lowest BCUT2D eigenvalue weighted by Crippen LogP contribution is -2.48. The molecule has 0 aromatic heterocycles. The van der Waals surface area contributed by atoms with E-state index in [2.05, 4.69) is 19.2 Å². The summed E-state index contributed by atoms with van der Waals surface area (Å²) in [4.78, 5) is 12.6. The van der Waals surface area contributed by atoms with Gasteiger partial charge in [0.15, 0.2) is 0 Å². The molecule has 1 N–H and O–H groups in total. The van der Waals surface area contributed by atoms with Crippen LogP contribution in [0.15, 0.2) is 48.5 Å². The number of hydrogen-bond acceptors (Lipinski definition) is 5. The number of nitrogens with one attached hydrogen (secondary N) is 1. The standard InChI is InChI=1S/C22H30N2O5S/c1-16(2)20-8-6-7-9-21(20)29-15-14-23-22(25)17(3)24(30(5,26)27)18-10-12-19(28-4)13-11-18/h6-13,16-17H,14-15H2,1-5H3,(H,23,25)/t17-/m0/s1. The van der Waals surface area contributed by atoms with Crippen molar-refractivity contribution >= 4 is 21.6 Å². The predicted molar refractivity (Wildman–Crippen MR) is 119 cm³/mol. The molecule has 2 aromatic rings. The van der Waals surface area contributed by atoms with Crippen LogP contribution in [0.5, 0.6) is 11.5 Å². The molecule has 2 rings (SSSR count). The third-order valence-corrected chi connectivity index (χ3v) is 5.86. The van der Waals surface area contributed by atoms with Crippen LogP contribution in [0.2, 0.25) is 0 Å². The van der Waals surface area contributed by atoms with Gasteiger partial charge in [0, 0.05) is 0 Å². The maximum Gasteiger partial charge on any atom is 0.243 e. The zero-order valence-electron chi connectivity index (χ0n) is 18.1. The largest absolute Gasteiger partial charge is 0.497 e. The predicted octanol–water partition coefficient (Wildman–Crippen LogP) is 3.17. The van der Waals surface area contributed by atoms with Crippen molar-refractivity contribution in [2.75, 3.05) is 30.8 Å². The number of nitrogens with zero attached hydrogens (tertiary/aromatic N) is 1. The number of carbonyl (C=O) groups is 1. The fourth-order valence-electron chi connectivity index (χ4n) is 3.11. The van der Waals surface area contributed by atoms with Gasteiger partial charge in [-0.2, -0.15) is 0 Å². The van der Waals surface area contributed by atoms with E-state index in [1.165, 1.54) is 7.11 Å². The first kappa shape index (κ1) is 23.5. The van der Waals surface area contributed by atoms with Crippen LogP contribution in [-0.4, -0.2) is 46.9 Å². The summed E-state index contributed by atoms with van der Waals surface area (Å²) in [6.07, 6.45) is 1.08. The summed E-state index contributed by atoms with van der Waals surface area (Å²) in [5, 5.41) is 2.75. The first-order chi connectivity index (χ1) is 14.1. The van der Waals surface area contributed by atoms with E-state index in [1.807, 2.05) is 24.3 Å². The summed E-state index contributed by atoms with van der Waals surface area (Å²) in [5.41, 5.74) is 1.49. The molecule has 0 bridgehead atoms. The van der Waals surface area contributed by atoms with Crippen molar-refractivity contribution in [1.29, 1.82) is 0 Å². The Morgan fingerprint density at radius 1 is 1.07 bits per heavy atom. The van der Waals surface area contributed by atoms with Crippen LogP contribution in [0.25, 0.3) is 0 Å². The van der Waals surface area contributed by atoms with Crippen molar-refractivity contribution in [3.8, 4) is 11.5 Å². The van der Waals surface area contributed by atoms with Gasteiger partial charge in [-0.15, -0.1) is 0 Å². The number of benzene rings is 2. The fraction of sp³-hybridized carbons (Fsp3) is 0.409. The van der Waals surface area contributed by atoms with Crippen LogP contribution >= 0.6 is 0 Å². The highest BCUT2D eigenvalue weighted by Crippen LogP contribution is 2.26. The molecule has 2 aromatic carbocycles. The highest BCUT2D eigenvalue weighted by Gasteiger charge is 2.29. The van der Waals surface area contributed by atoms with Crippen LogP contribution in [0.4, 0.5) is 5.69 Å². The van der Waals surface area contributed by atoms with Gasteiger partial charge < -0.3 is 14.8 Å². The Labute approximate surface area is 179 Å². The zero-order valence-corrected chi connectivity index (χ0v) is 18.9. The van der Waals surface area contributed by atoms with Gasteiger partial charge in [-0.05, 0) is 48.7 Å². The topological polar surface area (TPSA) is 84.9 Å². The molecule has 1 atom stereocenters. The van der Waals surface area contributed by atoms with E-state index in [0.717, 1.165) is 21.9 Å². The SMILES string of the molecule is COc1ccc(N([C@@H](C)C(=O)NCCOc2ccccc2C(C)C)S(C)(=O)=O)cc1. The van der Waals surface area contributed by atoms with Crippen molar-refractivity contribution in [3.63, 3.8) is 0 Å². The van der Waals surface area contributed by atoms with Gasteiger partial charge in [0.2, 0.25) is 15.9 Å². The Bertz CT molecular complexity index is 942. The molecule has 0 unspecified atom stereocenters. The molecule has 0 aliphatic heterocycles. The summed E-state index contributed by atoms with van der Waals surface area (Å²) < 4.78 is 36.7. The van der Waals surface area contributed by atoms with Crippen LogP contribution < -0.4 is 19.1 Å². The molecular formula is C22H30N2O5S. The lowest BCUT2D eigenvalue weighted by molar-refractivity contribution is -0.121. The van der Waals surface area contributed by atoms with Gasteiger partial charge in [0.1, 0.15) is 24.1 Å². The van der Waals surface area contributed by atoms with Crippen LogP contribution in [0.1, 0.15) is 32.3 Å². The van der Waals surface area contributed by atoms with E-state index >= 15 is 0 Å². The Morgan fingerprint density at radius 3 is 2.27 bits per heavy atom. The van der Waals surface area contributed by atoms with E-state index in [0.29, 0.717) is 17.4 Å². The molecule has 7 nitrogen and oxygen atoms in total. The zero-order chi connectivity index (χ0) is 22.3. The number of anilines is 1. The highest BCUT2D eigenvalue weighted by atomic mass is 32.2. The summed E-state index contributed by atoms with van der Waals surface area (Å²) in [7, 11) is -2.14. The Hall–Kier alpha value is -2.74. The Morgan fingerprint density at radius 2 is 1.70 bits per heavy atom. The first-order valence-corrected chi connectivity index (χ1v) is 11.6. The minimum Gasteiger partial charge on any atom is -0.497 e. The summed E-state index contributed by atoms with van der Waals surface area (Å²) in [6.45, 7) is 6.27. The van der Waals surface area contributed by atoms with Gasteiger partial charge in [0.05, 0.1) is 25.6 Å². The van der Waals surface area contributed by atoms with E-state index in [9.17, 15) is 13.2 Å². The normalized spacial score (nSPS) is 12.3. The molecule has 8 heteroatoms. The second-order valence-electron chi connectivity index (χ2n) is 7.26. The minimum absolute atomic E-state index is 0.260. The summed E-state index contributed by atoms with van der Waals surface area (Å²) >= 11 is 0. The van der Waals surface area contributed by atoms with Crippen LogP contribution in [-0.2, 0) is 14.8 Å². The number of ether oxygens (including phenoxy) is 2. The van der Waals surface area contributed by atoms with E-state index in [1.54, 1.807) is 31.2 Å². The first-order valence-electron chi connectivity index (χ1n) is 9.78. The lowest BCUT2D eigenvalue weighted by atomic mass is 10.0. The number of para-hydroxylation sites is 1. The second kappa shape index (κ2) is 10.3. The fourth-order valence-corrected chi connectivity index (χ4v) is 4.28. The van der Waals surface area contributed by atoms with Gasteiger partial charge in [-0.1, -0.05) is 32.0 Å². The molecule has 0 saturated carbocycles. The Balaban J connectivity index is 2.00. The average Bonchev–Trinajstić information content (AvgIpc) is 2.70. The van der Waals surface area contributed by atoms with Crippen LogP contribution in [0.3, 0.4) is 0 Å². The van der Waals surface area contributed by atoms with Gasteiger partial charge >= 0.3 is 0 Å². The van der Waals surface area contributed by atoms with Crippen molar-refractivity contribution in [2.45, 2.75) is 32.7 Å². The van der Waals surface area contributed by atoms with Crippen molar-refractivity contribution in [1.82, 2.24) is 5.32 Å². The number of carbonyl (C=O) groups excluding carboxylic acids is 1. The summed E-state index contributed by atoms with van der Waals surface area (Å²) in [5.74, 6) is 1.30. The molecule has 0 heterocycles. The van der Waals surface area contributed by atoms with E-state index in [-0.39, 0.29) is 13.2 Å². The molecule has 164 valence electrons. The maximum absolute atomic E-state index is 12.6. The van der Waals surface area contributed by atoms with E-state index < -0.39 is 22.0 Å². The molecule has 0 radical (unpaired) electrons. The molecule has 0 saturated heterocycles. The van der Waals surface area contributed by atoms with Gasteiger partial charge in [-0.3, -0.25) is 9.10 Å². The molecule has 0 aliphatic rings. The van der Waals surface area contributed by atoms with Crippen molar-refractivity contribution < 1.29 is 22.7 Å². The molecular weight excluding hydrogens is 404 g/mol. The third-order valence-electron chi connectivity index (χ3n) is 4.62. The van der Waals surface area contributed by atoms with E-state index in [4.69, 9.17) is 9.47 Å². The Kier molecular flexibility index (Phi) is 8.11. The number of methoxy groups -OCH3 is 1. The number of amides is 1. The highest BCUT2D eigenvalue weighted by molar-refractivity contribution is 7.92. The molecule has 30 heavy (non-hydrogen) atoms. The number of rotatable bonds is 10. The minimum atomic E-state index is -3.67.